The van der Waals surface area contributed by atoms with Crippen LogP contribution in [0.25, 0.3) is 0 Å². The average molecular weight is 282 g/mol. The molecule has 1 saturated carbocycles. The third-order valence-electron chi connectivity index (χ3n) is 5.05. The van der Waals surface area contributed by atoms with Crippen molar-refractivity contribution >= 4 is 11.6 Å². The smallest absolute Gasteiger partial charge is 0.234 e. The Bertz CT molecular complexity index is 652. The summed E-state index contributed by atoms with van der Waals surface area (Å²) >= 11 is 0. The number of allylic oxidation sites excluding steroid dienone is 6. The molecule has 4 aliphatic rings. The first-order valence-corrected chi connectivity index (χ1v) is 7.79. The van der Waals surface area contributed by atoms with Crippen molar-refractivity contribution in [2.75, 3.05) is 0 Å². The van der Waals surface area contributed by atoms with E-state index in [0.29, 0.717) is 23.3 Å². The Kier molecular flexibility index (Phi) is 2.78. The predicted octanol–water partition coefficient (Wildman–Crippen LogP) is 3.33. The van der Waals surface area contributed by atoms with E-state index in [-0.39, 0.29) is 17.2 Å². The first kappa shape index (κ1) is 12.8. The maximum absolute atomic E-state index is 12.4. The molecular formula is C18H18O3. The molecule has 0 aromatic heterocycles. The minimum atomic E-state index is -0.377. The predicted molar refractivity (Wildman–Crippen MR) is 78.5 cm³/mol. The summed E-state index contributed by atoms with van der Waals surface area (Å²) in [6.07, 6.45) is 14.4. The van der Waals surface area contributed by atoms with Crippen molar-refractivity contribution in [3.05, 3.63) is 46.8 Å². The topological polar surface area (TPSA) is 43.4 Å². The molecule has 4 rings (SSSR count). The Morgan fingerprint density at radius 3 is 2.62 bits per heavy atom. The molecule has 0 N–H and O–H groups in total. The maximum atomic E-state index is 12.4. The van der Waals surface area contributed by atoms with Crippen molar-refractivity contribution in [3.63, 3.8) is 0 Å². The van der Waals surface area contributed by atoms with Crippen LogP contribution in [0.15, 0.2) is 46.8 Å². The molecule has 1 fully saturated rings. The van der Waals surface area contributed by atoms with Crippen molar-refractivity contribution in [2.45, 2.75) is 50.5 Å². The normalized spacial score (nSPS) is 26.9. The number of ether oxygens (including phenoxy) is 1. The van der Waals surface area contributed by atoms with Gasteiger partial charge in [0.1, 0.15) is 11.4 Å². The lowest BCUT2D eigenvalue weighted by Gasteiger charge is -2.39. The zero-order valence-electron chi connectivity index (χ0n) is 12.0. The lowest BCUT2D eigenvalue weighted by Crippen LogP contribution is -2.38. The summed E-state index contributed by atoms with van der Waals surface area (Å²) in [4.78, 5) is 24.6. The van der Waals surface area contributed by atoms with Crippen LogP contribution in [-0.2, 0) is 14.3 Å². The Labute approximate surface area is 124 Å². The van der Waals surface area contributed by atoms with Crippen LogP contribution in [0.2, 0.25) is 0 Å². The number of hydrogen-bond acceptors (Lipinski definition) is 3. The van der Waals surface area contributed by atoms with Crippen LogP contribution in [-0.4, -0.2) is 17.2 Å². The molecule has 1 spiro atoms. The number of fused-ring (bicyclic) bond motifs is 2. The molecule has 3 nitrogen and oxygen atoms in total. The van der Waals surface area contributed by atoms with E-state index in [1.54, 1.807) is 6.08 Å². The lowest BCUT2D eigenvalue weighted by molar-refractivity contribution is -0.133. The van der Waals surface area contributed by atoms with E-state index in [2.05, 4.69) is 0 Å². The van der Waals surface area contributed by atoms with Gasteiger partial charge < -0.3 is 4.74 Å². The molecule has 108 valence electrons. The van der Waals surface area contributed by atoms with Crippen LogP contribution in [0.5, 0.6) is 0 Å². The molecule has 0 saturated heterocycles. The second-order valence-electron chi connectivity index (χ2n) is 6.32. The molecule has 1 aliphatic heterocycles. The van der Waals surface area contributed by atoms with Gasteiger partial charge in [0.15, 0.2) is 0 Å². The SMILES string of the molecule is O=C1C(=O)C2=C(OC3(CCCC3)CC2)C2=CCC=CC=C12. The summed E-state index contributed by atoms with van der Waals surface area (Å²) < 4.78 is 6.35. The number of carbonyl (C=O) groups is 2. The number of Topliss-reactive ketones (excluding diaryl/α,β-unsaturated/α-hetero) is 2. The van der Waals surface area contributed by atoms with Gasteiger partial charge in [-0.2, -0.15) is 0 Å². The molecule has 0 amide bonds. The second-order valence-corrected chi connectivity index (χ2v) is 6.32. The van der Waals surface area contributed by atoms with Crippen LogP contribution in [0.4, 0.5) is 0 Å². The minimum Gasteiger partial charge on any atom is -0.486 e. The molecule has 3 aliphatic carbocycles. The third-order valence-corrected chi connectivity index (χ3v) is 5.05. The summed E-state index contributed by atoms with van der Waals surface area (Å²) in [6, 6.07) is 0. The summed E-state index contributed by atoms with van der Waals surface area (Å²) in [5.74, 6) is -0.0447. The highest BCUT2D eigenvalue weighted by Gasteiger charge is 2.46. The molecule has 0 radical (unpaired) electrons. The van der Waals surface area contributed by atoms with Crippen molar-refractivity contribution in [1.29, 1.82) is 0 Å². The number of ketones is 2. The average Bonchev–Trinajstić information content (AvgIpc) is 2.79. The number of carbonyl (C=O) groups excluding carboxylic acids is 2. The van der Waals surface area contributed by atoms with Gasteiger partial charge in [0.25, 0.3) is 0 Å². The molecule has 0 unspecified atom stereocenters. The highest BCUT2D eigenvalue weighted by molar-refractivity contribution is 6.51. The molecule has 0 aromatic carbocycles. The quantitative estimate of drug-likeness (QED) is 0.640. The van der Waals surface area contributed by atoms with Gasteiger partial charge in [-0.25, -0.2) is 0 Å². The van der Waals surface area contributed by atoms with Crippen molar-refractivity contribution < 1.29 is 14.3 Å². The van der Waals surface area contributed by atoms with E-state index in [1.165, 1.54) is 12.8 Å². The number of hydrogen-bond donors (Lipinski definition) is 0. The molecular weight excluding hydrogens is 264 g/mol. The Morgan fingerprint density at radius 1 is 1.00 bits per heavy atom. The van der Waals surface area contributed by atoms with Gasteiger partial charge in [-0.1, -0.05) is 24.3 Å². The summed E-state index contributed by atoms with van der Waals surface area (Å²) in [7, 11) is 0. The Balaban J connectivity index is 1.83. The van der Waals surface area contributed by atoms with Gasteiger partial charge in [0.2, 0.25) is 11.6 Å². The van der Waals surface area contributed by atoms with Gasteiger partial charge in [-0.3, -0.25) is 9.59 Å². The monoisotopic (exact) mass is 282 g/mol. The first-order valence-electron chi connectivity index (χ1n) is 7.79. The van der Waals surface area contributed by atoms with Gasteiger partial charge in [0, 0.05) is 16.7 Å². The van der Waals surface area contributed by atoms with Crippen LogP contribution in [0, 0.1) is 0 Å². The second kappa shape index (κ2) is 4.55. The maximum Gasteiger partial charge on any atom is 0.234 e. The lowest BCUT2D eigenvalue weighted by atomic mass is 9.79. The number of rotatable bonds is 0. The zero-order chi connectivity index (χ0) is 14.4. The standard InChI is InChI=1S/C18H18O3/c19-15-12-6-2-1-3-7-13(12)17-14(16(15)20)8-11-18(21-17)9-4-5-10-18/h1-2,6-7H,3-5,8-11H2. The molecule has 0 atom stereocenters. The van der Waals surface area contributed by atoms with Crippen molar-refractivity contribution in [2.24, 2.45) is 0 Å². The van der Waals surface area contributed by atoms with E-state index in [4.69, 9.17) is 4.74 Å². The first-order chi connectivity index (χ1) is 10.2. The summed E-state index contributed by atoms with van der Waals surface area (Å²) in [5, 5.41) is 0. The summed E-state index contributed by atoms with van der Waals surface area (Å²) in [6.45, 7) is 0. The highest BCUT2D eigenvalue weighted by Crippen LogP contribution is 2.47. The van der Waals surface area contributed by atoms with Crippen molar-refractivity contribution in [3.8, 4) is 0 Å². The molecule has 21 heavy (non-hydrogen) atoms. The van der Waals surface area contributed by atoms with Gasteiger partial charge in [-0.05, 0) is 44.9 Å². The molecule has 0 bridgehead atoms. The fourth-order valence-corrected chi connectivity index (χ4v) is 3.90. The third kappa shape index (κ3) is 1.87. The van der Waals surface area contributed by atoms with E-state index in [9.17, 15) is 9.59 Å². The molecule has 3 heteroatoms. The molecule has 0 aromatic rings. The van der Waals surface area contributed by atoms with Gasteiger partial charge >= 0.3 is 0 Å². The minimum absolute atomic E-state index is 0.0921. The highest BCUT2D eigenvalue weighted by atomic mass is 16.5. The largest absolute Gasteiger partial charge is 0.486 e. The Morgan fingerprint density at radius 2 is 1.81 bits per heavy atom. The van der Waals surface area contributed by atoms with E-state index < -0.39 is 0 Å². The van der Waals surface area contributed by atoms with Crippen LogP contribution < -0.4 is 0 Å². The fourth-order valence-electron chi connectivity index (χ4n) is 3.90. The van der Waals surface area contributed by atoms with Gasteiger partial charge in [0.05, 0.1) is 0 Å². The van der Waals surface area contributed by atoms with E-state index >= 15 is 0 Å². The van der Waals surface area contributed by atoms with Crippen LogP contribution >= 0.6 is 0 Å². The van der Waals surface area contributed by atoms with Crippen LogP contribution in [0.3, 0.4) is 0 Å². The van der Waals surface area contributed by atoms with Crippen LogP contribution in [0.1, 0.15) is 44.9 Å². The Hall–Kier alpha value is -1.90. The van der Waals surface area contributed by atoms with Gasteiger partial charge in [-0.15, -0.1) is 0 Å². The van der Waals surface area contributed by atoms with E-state index in [0.717, 1.165) is 31.3 Å². The molecule has 1 heterocycles. The zero-order valence-corrected chi connectivity index (χ0v) is 12.0. The fraction of sp³-hybridized carbons (Fsp3) is 0.444. The summed E-state index contributed by atoms with van der Waals surface area (Å²) in [5.41, 5.74) is 1.85. The van der Waals surface area contributed by atoms with E-state index in [1.807, 2.05) is 18.2 Å². The van der Waals surface area contributed by atoms with Crippen molar-refractivity contribution in [1.82, 2.24) is 0 Å².